The molecule has 2 aromatic heterocycles. The summed E-state index contributed by atoms with van der Waals surface area (Å²) in [6.45, 7) is 1.89. The highest BCUT2D eigenvalue weighted by Gasteiger charge is 2.50. The molecule has 0 radical (unpaired) electrons. The molecule has 1 atom stereocenters. The number of hydrogen-bond donors (Lipinski definition) is 1. The standard InChI is InChI=1S/C26H24N2O7S2/c1-2-26(35-22(31)8-10-37-36-9-7-21(29)30)18-12-20-23-16(11-15-5-3-4-6-19(15)27-23)13-28(20)24(32)17(18)14-34-25(26)33/h3-6,11-12H,2,7-10,13-14H2,1H3,(H,29,30)/t26-/m0/s1. The van der Waals surface area contributed by atoms with E-state index < -0.39 is 23.5 Å². The summed E-state index contributed by atoms with van der Waals surface area (Å²) in [5, 5.41) is 9.69. The van der Waals surface area contributed by atoms with Gasteiger partial charge in [-0.2, -0.15) is 0 Å². The maximum Gasteiger partial charge on any atom is 0.355 e. The molecule has 5 rings (SSSR count). The lowest BCUT2D eigenvalue weighted by atomic mass is 9.85. The first-order chi connectivity index (χ1) is 17.8. The van der Waals surface area contributed by atoms with Crippen LogP contribution in [0.3, 0.4) is 0 Å². The molecule has 0 fully saturated rings. The van der Waals surface area contributed by atoms with Gasteiger partial charge in [0.25, 0.3) is 5.56 Å². The monoisotopic (exact) mass is 540 g/mol. The Morgan fingerprint density at radius 3 is 2.68 bits per heavy atom. The number of aromatic nitrogens is 2. The summed E-state index contributed by atoms with van der Waals surface area (Å²) in [6, 6.07) is 11.5. The van der Waals surface area contributed by atoms with Gasteiger partial charge < -0.3 is 19.1 Å². The van der Waals surface area contributed by atoms with Crippen molar-refractivity contribution >= 4 is 50.4 Å². The zero-order valence-corrected chi connectivity index (χ0v) is 21.7. The Kier molecular flexibility index (Phi) is 7.00. The number of rotatable bonds is 9. The van der Waals surface area contributed by atoms with Crippen LogP contribution in [0.5, 0.6) is 0 Å². The van der Waals surface area contributed by atoms with Crippen LogP contribution in [-0.2, 0) is 42.6 Å². The van der Waals surface area contributed by atoms with Crippen LogP contribution in [0.4, 0.5) is 0 Å². The van der Waals surface area contributed by atoms with Gasteiger partial charge in [-0.1, -0.05) is 46.7 Å². The minimum atomic E-state index is -1.72. The lowest BCUT2D eigenvalue weighted by Gasteiger charge is -2.35. The van der Waals surface area contributed by atoms with E-state index in [4.69, 9.17) is 19.6 Å². The lowest BCUT2D eigenvalue weighted by molar-refractivity contribution is -0.189. The van der Waals surface area contributed by atoms with Gasteiger partial charge in [-0.3, -0.25) is 14.4 Å². The van der Waals surface area contributed by atoms with Crippen molar-refractivity contribution in [2.24, 2.45) is 0 Å². The van der Waals surface area contributed by atoms with Crippen LogP contribution in [0.2, 0.25) is 0 Å². The van der Waals surface area contributed by atoms with E-state index in [-0.39, 0.29) is 31.4 Å². The molecule has 0 spiro atoms. The number of carbonyl (C=O) groups excluding carboxylic acids is 2. The van der Waals surface area contributed by atoms with E-state index in [0.29, 0.717) is 40.6 Å². The van der Waals surface area contributed by atoms with Gasteiger partial charge in [0.05, 0.1) is 41.9 Å². The summed E-state index contributed by atoms with van der Waals surface area (Å²) < 4.78 is 12.8. The van der Waals surface area contributed by atoms with Crippen LogP contribution in [0.15, 0.2) is 41.2 Å². The summed E-state index contributed by atoms with van der Waals surface area (Å²) in [5.74, 6) is -1.35. The largest absolute Gasteiger partial charge is 0.481 e. The number of ether oxygens (including phenoxy) is 2. The number of nitrogens with zero attached hydrogens (tertiary/aromatic N) is 2. The number of esters is 2. The second kappa shape index (κ2) is 10.2. The molecule has 1 N–H and O–H groups in total. The Bertz CT molecular complexity index is 1490. The van der Waals surface area contributed by atoms with Crippen LogP contribution >= 0.6 is 21.6 Å². The molecule has 0 saturated heterocycles. The Balaban J connectivity index is 1.45. The van der Waals surface area contributed by atoms with Crippen molar-refractivity contribution in [1.82, 2.24) is 9.55 Å². The third-order valence-corrected chi connectivity index (χ3v) is 8.95. The molecule has 2 aliphatic rings. The fourth-order valence-electron chi connectivity index (χ4n) is 4.70. The van der Waals surface area contributed by atoms with E-state index in [1.54, 1.807) is 17.6 Å². The van der Waals surface area contributed by atoms with Crippen LogP contribution in [0.25, 0.3) is 22.3 Å². The lowest BCUT2D eigenvalue weighted by Crippen LogP contribution is -2.47. The third kappa shape index (κ3) is 4.61. The Morgan fingerprint density at radius 1 is 1.16 bits per heavy atom. The van der Waals surface area contributed by atoms with E-state index in [0.717, 1.165) is 16.5 Å². The highest BCUT2D eigenvalue weighted by atomic mass is 33.1. The molecule has 192 valence electrons. The summed E-state index contributed by atoms with van der Waals surface area (Å²) >= 11 is 0. The highest BCUT2D eigenvalue weighted by Crippen LogP contribution is 2.41. The zero-order valence-electron chi connectivity index (χ0n) is 20.0. The van der Waals surface area contributed by atoms with Gasteiger partial charge in [-0.25, -0.2) is 9.78 Å². The summed E-state index contributed by atoms with van der Waals surface area (Å²) in [5.41, 5.74) is 1.59. The average Bonchev–Trinajstić information content (AvgIpc) is 3.24. The van der Waals surface area contributed by atoms with E-state index >= 15 is 0 Å². The SMILES string of the molecule is CC[C@@]1(OC(=O)CCSSCCC(=O)O)C(=O)OCc2c1cc1n(c2=O)Cc2cc3ccccc3nc2-1. The van der Waals surface area contributed by atoms with Crippen molar-refractivity contribution in [1.29, 1.82) is 0 Å². The maximum atomic E-state index is 13.5. The van der Waals surface area contributed by atoms with Gasteiger partial charge >= 0.3 is 17.9 Å². The number of cyclic esters (lactones) is 1. The van der Waals surface area contributed by atoms with Gasteiger partial charge in [-0.05, 0) is 24.6 Å². The van der Waals surface area contributed by atoms with Gasteiger partial charge in [0.1, 0.15) is 6.61 Å². The molecular formula is C26H24N2O7S2. The smallest absolute Gasteiger partial charge is 0.355 e. The predicted octanol–water partition coefficient (Wildman–Crippen LogP) is 3.88. The van der Waals surface area contributed by atoms with Crippen molar-refractivity contribution in [3.63, 3.8) is 0 Å². The van der Waals surface area contributed by atoms with Gasteiger partial charge in [0.2, 0.25) is 5.60 Å². The predicted molar refractivity (Wildman–Crippen MR) is 140 cm³/mol. The first-order valence-corrected chi connectivity index (χ1v) is 14.3. The normalized spacial score (nSPS) is 17.6. The Hall–Kier alpha value is -3.31. The second-order valence-corrected chi connectivity index (χ2v) is 11.5. The van der Waals surface area contributed by atoms with Crippen molar-refractivity contribution in [2.45, 2.75) is 44.9 Å². The Morgan fingerprint density at radius 2 is 1.92 bits per heavy atom. The summed E-state index contributed by atoms with van der Waals surface area (Å²) in [4.78, 5) is 54.8. The second-order valence-electron chi connectivity index (χ2n) is 8.77. The molecule has 0 unspecified atom stereocenters. The molecule has 0 amide bonds. The minimum Gasteiger partial charge on any atom is -0.481 e. The fraction of sp³-hybridized carbons (Fsp3) is 0.346. The van der Waals surface area contributed by atoms with Crippen LogP contribution in [0.1, 0.15) is 42.9 Å². The number of para-hydroxylation sites is 1. The number of carboxylic acid groups (broad SMARTS) is 1. The van der Waals surface area contributed by atoms with Gasteiger partial charge in [-0.15, -0.1) is 0 Å². The first kappa shape index (κ1) is 25.3. The van der Waals surface area contributed by atoms with E-state index in [2.05, 4.69) is 0 Å². The average molecular weight is 541 g/mol. The molecule has 4 heterocycles. The molecule has 0 aliphatic carbocycles. The summed E-state index contributed by atoms with van der Waals surface area (Å²) in [6.07, 6.45) is 0.165. The number of aliphatic carboxylic acids is 1. The first-order valence-electron chi connectivity index (χ1n) is 11.9. The molecule has 0 bridgehead atoms. The highest BCUT2D eigenvalue weighted by molar-refractivity contribution is 8.76. The minimum absolute atomic E-state index is 0.0232. The number of hydrogen-bond acceptors (Lipinski definition) is 9. The zero-order chi connectivity index (χ0) is 26.2. The summed E-state index contributed by atoms with van der Waals surface area (Å²) in [7, 11) is 2.72. The van der Waals surface area contributed by atoms with Gasteiger partial charge in [0.15, 0.2) is 0 Å². The van der Waals surface area contributed by atoms with Crippen LogP contribution < -0.4 is 5.56 Å². The molecule has 37 heavy (non-hydrogen) atoms. The molecule has 0 saturated carbocycles. The molecule has 2 aliphatic heterocycles. The number of fused-ring (bicyclic) bond motifs is 5. The quantitative estimate of drug-likeness (QED) is 0.190. The van der Waals surface area contributed by atoms with E-state index in [1.165, 1.54) is 21.6 Å². The van der Waals surface area contributed by atoms with E-state index in [9.17, 15) is 19.2 Å². The van der Waals surface area contributed by atoms with Crippen molar-refractivity contribution in [2.75, 3.05) is 11.5 Å². The number of carboxylic acids is 1. The van der Waals surface area contributed by atoms with Gasteiger partial charge in [0, 0.05) is 28.0 Å². The number of carbonyl (C=O) groups is 3. The molecule has 3 aromatic rings. The van der Waals surface area contributed by atoms with E-state index in [1.807, 2.05) is 30.3 Å². The molecule has 9 nitrogen and oxygen atoms in total. The number of benzene rings is 1. The Labute approximate surface area is 220 Å². The third-order valence-electron chi connectivity index (χ3n) is 6.54. The van der Waals surface area contributed by atoms with Crippen molar-refractivity contribution in [3.8, 4) is 11.4 Å². The molecule has 1 aromatic carbocycles. The molecule has 11 heteroatoms. The topological polar surface area (TPSA) is 125 Å². The molecular weight excluding hydrogens is 516 g/mol. The number of pyridine rings is 2. The maximum absolute atomic E-state index is 13.5. The van der Waals surface area contributed by atoms with Crippen LogP contribution in [-0.4, -0.2) is 44.1 Å². The van der Waals surface area contributed by atoms with Crippen molar-refractivity contribution < 1.29 is 29.0 Å². The van der Waals surface area contributed by atoms with Crippen LogP contribution in [0, 0.1) is 0 Å². The van der Waals surface area contributed by atoms with Crippen molar-refractivity contribution in [3.05, 3.63) is 63.4 Å². The fourth-order valence-corrected chi connectivity index (χ4v) is 6.65.